The van der Waals surface area contributed by atoms with Gasteiger partial charge in [0.1, 0.15) is 18.0 Å². The standard InChI is InChI=1S/C20H23ClFN5O2S/c1-5-8-30(28,29)27-15-10-12(22)9-13(16(15)21)17-18(14-6-7-23-11-24-14)26-19(25-17)20(2,3)4/h6-7,9-11,27H,5,8H2,1-4H3,(H,25,26). The third-order valence-electron chi connectivity index (χ3n) is 4.28. The summed E-state index contributed by atoms with van der Waals surface area (Å²) in [5, 5.41) is 0.0540. The molecule has 30 heavy (non-hydrogen) atoms. The van der Waals surface area contributed by atoms with Gasteiger partial charge >= 0.3 is 0 Å². The van der Waals surface area contributed by atoms with Crippen LogP contribution in [0.15, 0.2) is 30.7 Å². The molecule has 0 unspecified atom stereocenters. The predicted octanol–water partition coefficient (Wildman–Crippen LogP) is 4.78. The summed E-state index contributed by atoms with van der Waals surface area (Å²) in [6.07, 6.45) is 3.40. The van der Waals surface area contributed by atoms with Crippen molar-refractivity contribution in [2.45, 2.75) is 39.5 Å². The number of imidazole rings is 1. The first kappa shape index (κ1) is 22.2. The van der Waals surface area contributed by atoms with Gasteiger partial charge in [-0.25, -0.2) is 27.8 Å². The number of hydrogen-bond acceptors (Lipinski definition) is 5. The molecule has 0 amide bonds. The van der Waals surface area contributed by atoms with Gasteiger partial charge in [-0.2, -0.15) is 0 Å². The first-order valence-electron chi connectivity index (χ1n) is 9.38. The SMILES string of the molecule is CCCS(=O)(=O)Nc1cc(F)cc(-c2nc(C(C)(C)C)[nH]c2-c2ccncn2)c1Cl. The van der Waals surface area contributed by atoms with Crippen LogP contribution in [0.1, 0.15) is 39.9 Å². The van der Waals surface area contributed by atoms with E-state index < -0.39 is 15.8 Å². The Labute approximate surface area is 180 Å². The first-order valence-corrected chi connectivity index (χ1v) is 11.4. The molecule has 3 rings (SSSR count). The lowest BCUT2D eigenvalue weighted by Gasteiger charge is -2.14. The lowest BCUT2D eigenvalue weighted by molar-refractivity contribution is 0.553. The summed E-state index contributed by atoms with van der Waals surface area (Å²) in [4.78, 5) is 16.1. The second kappa shape index (κ2) is 8.31. The van der Waals surface area contributed by atoms with E-state index in [1.807, 2.05) is 20.8 Å². The number of aromatic nitrogens is 4. The maximum atomic E-state index is 14.5. The highest BCUT2D eigenvalue weighted by Crippen LogP contribution is 2.39. The number of rotatable bonds is 6. The Morgan fingerprint density at radius 2 is 2.00 bits per heavy atom. The molecular formula is C20H23ClFN5O2S. The Bertz CT molecular complexity index is 1160. The van der Waals surface area contributed by atoms with Gasteiger partial charge in [0.25, 0.3) is 0 Å². The Kier molecular flexibility index (Phi) is 6.14. The fraction of sp³-hybridized carbons (Fsp3) is 0.350. The van der Waals surface area contributed by atoms with Crippen LogP contribution < -0.4 is 4.72 Å². The molecule has 160 valence electrons. The van der Waals surface area contributed by atoms with Crippen LogP contribution in [-0.2, 0) is 15.4 Å². The van der Waals surface area contributed by atoms with Crippen LogP contribution in [-0.4, -0.2) is 34.1 Å². The molecular weight excluding hydrogens is 429 g/mol. The molecule has 0 saturated heterocycles. The van der Waals surface area contributed by atoms with Gasteiger partial charge in [0.05, 0.1) is 33.5 Å². The van der Waals surface area contributed by atoms with Gasteiger partial charge in [0, 0.05) is 17.2 Å². The summed E-state index contributed by atoms with van der Waals surface area (Å²) in [5.74, 6) is -0.0881. The summed E-state index contributed by atoms with van der Waals surface area (Å²) in [7, 11) is -3.65. The molecule has 0 aliphatic rings. The molecule has 7 nitrogen and oxygen atoms in total. The molecule has 3 aromatic rings. The Hall–Kier alpha value is -2.52. The zero-order valence-electron chi connectivity index (χ0n) is 17.1. The molecule has 0 bridgehead atoms. The Balaban J connectivity index is 2.22. The zero-order valence-corrected chi connectivity index (χ0v) is 18.7. The van der Waals surface area contributed by atoms with E-state index >= 15 is 0 Å². The van der Waals surface area contributed by atoms with Crippen LogP contribution in [0.25, 0.3) is 22.6 Å². The van der Waals surface area contributed by atoms with Gasteiger partial charge in [-0.1, -0.05) is 39.3 Å². The highest BCUT2D eigenvalue weighted by Gasteiger charge is 2.26. The minimum absolute atomic E-state index is 0.0333. The lowest BCUT2D eigenvalue weighted by atomic mass is 9.96. The van der Waals surface area contributed by atoms with Crippen LogP contribution in [0, 0.1) is 5.82 Å². The van der Waals surface area contributed by atoms with Crippen LogP contribution in [0.3, 0.4) is 0 Å². The van der Waals surface area contributed by atoms with E-state index in [0.29, 0.717) is 29.3 Å². The van der Waals surface area contributed by atoms with Crippen LogP contribution in [0.2, 0.25) is 5.02 Å². The van der Waals surface area contributed by atoms with Crippen molar-refractivity contribution in [2.75, 3.05) is 10.5 Å². The molecule has 0 atom stereocenters. The van der Waals surface area contributed by atoms with Crippen molar-refractivity contribution in [1.82, 2.24) is 19.9 Å². The smallest absolute Gasteiger partial charge is 0.232 e. The number of sulfonamides is 1. The van der Waals surface area contributed by atoms with E-state index in [-0.39, 0.29) is 27.4 Å². The molecule has 0 aliphatic carbocycles. The third kappa shape index (κ3) is 4.79. The van der Waals surface area contributed by atoms with E-state index in [2.05, 4.69) is 24.7 Å². The van der Waals surface area contributed by atoms with E-state index in [4.69, 9.17) is 11.6 Å². The number of nitrogens with one attached hydrogen (secondary N) is 2. The quantitative estimate of drug-likeness (QED) is 0.561. The van der Waals surface area contributed by atoms with Gasteiger partial charge in [-0.05, 0) is 24.6 Å². The van der Waals surface area contributed by atoms with E-state index in [1.54, 1.807) is 19.2 Å². The van der Waals surface area contributed by atoms with Gasteiger partial charge in [-0.3, -0.25) is 4.72 Å². The molecule has 1 aromatic carbocycles. The molecule has 2 heterocycles. The molecule has 10 heteroatoms. The monoisotopic (exact) mass is 451 g/mol. The topological polar surface area (TPSA) is 101 Å². The number of H-pyrrole nitrogens is 1. The number of benzene rings is 1. The summed E-state index contributed by atoms with van der Waals surface area (Å²) in [5.41, 5.74) is 1.36. The average molecular weight is 452 g/mol. The molecule has 0 spiro atoms. The van der Waals surface area contributed by atoms with Crippen molar-refractivity contribution >= 4 is 27.3 Å². The summed E-state index contributed by atoms with van der Waals surface area (Å²) in [6.45, 7) is 7.69. The number of halogens is 2. The molecule has 2 aromatic heterocycles. The van der Waals surface area contributed by atoms with Crippen molar-refractivity contribution in [2.24, 2.45) is 0 Å². The van der Waals surface area contributed by atoms with Crippen molar-refractivity contribution < 1.29 is 12.8 Å². The van der Waals surface area contributed by atoms with Gasteiger partial charge in [0.2, 0.25) is 10.0 Å². The van der Waals surface area contributed by atoms with Crippen LogP contribution in [0.4, 0.5) is 10.1 Å². The highest BCUT2D eigenvalue weighted by molar-refractivity contribution is 7.92. The number of aromatic amines is 1. The predicted molar refractivity (Wildman–Crippen MR) is 116 cm³/mol. The van der Waals surface area contributed by atoms with Crippen molar-refractivity contribution in [1.29, 1.82) is 0 Å². The fourth-order valence-corrected chi connectivity index (χ4v) is 4.31. The van der Waals surface area contributed by atoms with Crippen molar-refractivity contribution in [3.63, 3.8) is 0 Å². The summed E-state index contributed by atoms with van der Waals surface area (Å²) in [6, 6.07) is 3.98. The molecule has 0 fully saturated rings. The molecule has 0 radical (unpaired) electrons. The third-order valence-corrected chi connectivity index (χ3v) is 6.17. The number of nitrogens with zero attached hydrogens (tertiary/aromatic N) is 3. The van der Waals surface area contributed by atoms with E-state index in [9.17, 15) is 12.8 Å². The Morgan fingerprint density at radius 3 is 2.60 bits per heavy atom. The second-order valence-electron chi connectivity index (χ2n) is 7.89. The maximum Gasteiger partial charge on any atom is 0.232 e. The first-order chi connectivity index (χ1) is 14.0. The highest BCUT2D eigenvalue weighted by atomic mass is 35.5. The largest absolute Gasteiger partial charge is 0.340 e. The van der Waals surface area contributed by atoms with Gasteiger partial charge < -0.3 is 4.98 Å². The van der Waals surface area contributed by atoms with Crippen LogP contribution >= 0.6 is 11.6 Å². The summed E-state index contributed by atoms with van der Waals surface area (Å²) >= 11 is 6.52. The molecule has 2 N–H and O–H groups in total. The van der Waals surface area contributed by atoms with Gasteiger partial charge in [-0.15, -0.1) is 0 Å². The van der Waals surface area contributed by atoms with E-state index in [1.165, 1.54) is 12.4 Å². The van der Waals surface area contributed by atoms with Crippen molar-refractivity contribution in [3.05, 3.63) is 47.4 Å². The van der Waals surface area contributed by atoms with Crippen molar-refractivity contribution in [3.8, 4) is 22.6 Å². The molecule has 0 saturated carbocycles. The van der Waals surface area contributed by atoms with Gasteiger partial charge in [0.15, 0.2) is 0 Å². The summed E-state index contributed by atoms with van der Waals surface area (Å²) < 4.78 is 41.3. The van der Waals surface area contributed by atoms with Crippen LogP contribution in [0.5, 0.6) is 0 Å². The second-order valence-corrected chi connectivity index (χ2v) is 10.1. The molecule has 0 aliphatic heterocycles. The zero-order chi connectivity index (χ0) is 22.1. The minimum Gasteiger partial charge on any atom is -0.340 e. The number of anilines is 1. The number of hydrogen-bond donors (Lipinski definition) is 2. The Morgan fingerprint density at radius 1 is 1.27 bits per heavy atom. The fourth-order valence-electron chi connectivity index (χ4n) is 2.87. The lowest BCUT2D eigenvalue weighted by Crippen LogP contribution is -2.16. The maximum absolute atomic E-state index is 14.5. The minimum atomic E-state index is -3.65. The average Bonchev–Trinajstić information content (AvgIpc) is 3.10. The normalized spacial score (nSPS) is 12.2. The van der Waals surface area contributed by atoms with E-state index in [0.717, 1.165) is 6.07 Å².